The van der Waals surface area contributed by atoms with Crippen LogP contribution in [0.2, 0.25) is 17.0 Å². The normalized spacial score (nSPS) is 29.6. The zero-order valence-corrected chi connectivity index (χ0v) is 12.5. The zero-order chi connectivity index (χ0) is 10.4. The summed E-state index contributed by atoms with van der Waals surface area (Å²) in [6.45, 7) is 9.29. The van der Waals surface area contributed by atoms with Crippen molar-refractivity contribution in [2.24, 2.45) is 0 Å². The van der Waals surface area contributed by atoms with E-state index in [4.69, 9.17) is 0 Å². The second-order valence-electron chi connectivity index (χ2n) is 5.53. The third-order valence-electron chi connectivity index (χ3n) is 4.00. The summed E-state index contributed by atoms with van der Waals surface area (Å²) in [5, 5.41) is 0. The van der Waals surface area contributed by atoms with E-state index in [1.54, 1.807) is 5.57 Å². The molecule has 0 heterocycles. The van der Waals surface area contributed by atoms with E-state index in [-0.39, 0.29) is 0 Å². The van der Waals surface area contributed by atoms with Crippen LogP contribution in [0, 0.1) is 0 Å². The molecule has 0 aromatic carbocycles. The van der Waals surface area contributed by atoms with Crippen LogP contribution in [-0.4, -0.2) is 0 Å². The van der Waals surface area contributed by atoms with Crippen molar-refractivity contribution >= 4 is 0 Å². The van der Waals surface area contributed by atoms with E-state index >= 15 is 0 Å². The van der Waals surface area contributed by atoms with Crippen LogP contribution in [0.25, 0.3) is 0 Å². The maximum atomic E-state index is 2.53. The zero-order valence-electron chi connectivity index (χ0n) is 10.1. The molecule has 1 aliphatic carbocycles. The molecule has 0 N–H and O–H groups in total. The molecule has 1 rings (SSSR count). The summed E-state index contributed by atoms with van der Waals surface area (Å²) in [5.41, 5.74) is 4.68. The summed E-state index contributed by atoms with van der Waals surface area (Å²) < 4.78 is 8.05. The average Bonchev–Trinajstić information content (AvgIpc) is 2.15. The molecule has 0 amide bonds. The number of allylic oxidation sites excluding steroid dienone is 4. The summed E-state index contributed by atoms with van der Waals surface area (Å²) >= 11 is -1.87. The van der Waals surface area contributed by atoms with E-state index in [2.05, 4.69) is 47.7 Å². The average molecular weight is 258 g/mol. The second kappa shape index (κ2) is 3.19. The molecule has 1 heteroatoms. The number of hydrogen-bond donors (Lipinski definition) is 0. The van der Waals surface area contributed by atoms with Crippen molar-refractivity contribution in [3.8, 4) is 0 Å². The Morgan fingerprint density at radius 1 is 1.08 bits per heavy atom. The van der Waals surface area contributed by atoms with Gasteiger partial charge in [-0.2, -0.15) is 0 Å². The van der Waals surface area contributed by atoms with Crippen molar-refractivity contribution in [1.82, 2.24) is 0 Å². The first-order valence-electron chi connectivity index (χ1n) is 5.08. The predicted molar refractivity (Wildman–Crippen MR) is 58.1 cm³/mol. The van der Waals surface area contributed by atoms with Gasteiger partial charge in [-0.15, -0.1) is 0 Å². The van der Waals surface area contributed by atoms with E-state index in [0.29, 0.717) is 3.12 Å². The van der Waals surface area contributed by atoms with Gasteiger partial charge in [0.1, 0.15) is 0 Å². The van der Waals surface area contributed by atoms with E-state index in [1.165, 1.54) is 11.1 Å². The van der Waals surface area contributed by atoms with Gasteiger partial charge in [0.15, 0.2) is 0 Å². The van der Waals surface area contributed by atoms with Gasteiger partial charge in [0.05, 0.1) is 0 Å². The van der Waals surface area contributed by atoms with Gasteiger partial charge in [-0.1, -0.05) is 0 Å². The van der Waals surface area contributed by atoms with Gasteiger partial charge in [-0.3, -0.25) is 0 Å². The molecule has 1 unspecified atom stereocenters. The van der Waals surface area contributed by atoms with Crippen LogP contribution in [0.1, 0.15) is 27.7 Å². The molecule has 0 aromatic rings. The summed E-state index contributed by atoms with van der Waals surface area (Å²) in [7, 11) is 0. The Morgan fingerprint density at radius 3 is 1.69 bits per heavy atom. The third-order valence-corrected chi connectivity index (χ3v) is 12.9. The SMILES string of the molecule is CC1=C[C](C)([Zr]([CH3])([CH3])[CH3])C(C)=C1C. The van der Waals surface area contributed by atoms with Crippen LogP contribution in [0.15, 0.2) is 22.8 Å². The van der Waals surface area contributed by atoms with Gasteiger partial charge < -0.3 is 0 Å². The Kier molecular flexibility index (Phi) is 2.81. The molecule has 1 aliphatic rings. The first-order chi connectivity index (χ1) is 5.70. The van der Waals surface area contributed by atoms with Crippen molar-refractivity contribution in [2.75, 3.05) is 0 Å². The fourth-order valence-electron chi connectivity index (χ4n) is 2.11. The van der Waals surface area contributed by atoms with Crippen LogP contribution < -0.4 is 0 Å². The van der Waals surface area contributed by atoms with Crippen molar-refractivity contribution in [2.45, 2.75) is 44.7 Å². The molecule has 1 atom stereocenters. The molecule has 0 aliphatic heterocycles. The third kappa shape index (κ3) is 1.65. The molecule has 0 aromatic heterocycles. The van der Waals surface area contributed by atoms with Crippen LogP contribution in [0.5, 0.6) is 0 Å². The Morgan fingerprint density at radius 2 is 1.54 bits per heavy atom. The van der Waals surface area contributed by atoms with Crippen molar-refractivity contribution in [3.63, 3.8) is 0 Å². The van der Waals surface area contributed by atoms with Crippen molar-refractivity contribution in [1.29, 1.82) is 0 Å². The van der Waals surface area contributed by atoms with E-state index in [1.807, 2.05) is 0 Å². The van der Waals surface area contributed by atoms with Gasteiger partial charge in [0, 0.05) is 0 Å². The summed E-state index contributed by atoms with van der Waals surface area (Å²) in [5.74, 6) is 0. The molecule has 0 bridgehead atoms. The molecule has 13 heavy (non-hydrogen) atoms. The van der Waals surface area contributed by atoms with Gasteiger partial charge in [-0.25, -0.2) is 0 Å². The predicted octanol–water partition coefficient (Wildman–Crippen LogP) is 4.76. The second-order valence-corrected chi connectivity index (χ2v) is 19.1. The van der Waals surface area contributed by atoms with Crippen molar-refractivity contribution < 1.29 is 20.3 Å². The Balaban J connectivity index is 3.25. The van der Waals surface area contributed by atoms with Gasteiger partial charge in [0.25, 0.3) is 0 Å². The molecule has 0 radical (unpaired) electrons. The van der Waals surface area contributed by atoms with Gasteiger partial charge in [0.2, 0.25) is 0 Å². The minimum atomic E-state index is -1.87. The standard InChI is InChI=1S/C9H13.3CH3.Zr/c1-6-5-7(2)9(4)8(6)3;;;;/h5H,1-4H3;3*1H3;. The summed E-state index contributed by atoms with van der Waals surface area (Å²) in [6, 6.07) is 0. The minimum absolute atomic E-state index is 0.461. The van der Waals surface area contributed by atoms with Crippen molar-refractivity contribution in [3.05, 3.63) is 22.8 Å². The first-order valence-corrected chi connectivity index (χ1v) is 13.7. The van der Waals surface area contributed by atoms with E-state index < -0.39 is 20.3 Å². The topological polar surface area (TPSA) is 0 Å². The van der Waals surface area contributed by atoms with E-state index in [0.717, 1.165) is 0 Å². The van der Waals surface area contributed by atoms with E-state index in [9.17, 15) is 0 Å². The van der Waals surface area contributed by atoms with Crippen LogP contribution in [0.3, 0.4) is 0 Å². The quantitative estimate of drug-likeness (QED) is 0.635. The fourth-order valence-corrected chi connectivity index (χ4v) is 6.94. The summed E-state index contributed by atoms with van der Waals surface area (Å²) in [6.07, 6.45) is 2.52. The van der Waals surface area contributed by atoms with Gasteiger partial charge in [-0.05, 0) is 0 Å². The monoisotopic (exact) mass is 256 g/mol. The maximum absolute atomic E-state index is 2.53. The molecule has 0 saturated heterocycles. The fraction of sp³-hybridized carbons (Fsp3) is 0.667. The Hall–Kier alpha value is 0.363. The van der Waals surface area contributed by atoms with Crippen LogP contribution in [0.4, 0.5) is 0 Å². The molecule has 0 spiro atoms. The van der Waals surface area contributed by atoms with Crippen LogP contribution in [-0.2, 0) is 20.3 Å². The Bertz CT molecular complexity index is 289. The molecule has 0 nitrogen and oxygen atoms in total. The Labute approximate surface area is 87.5 Å². The first kappa shape index (κ1) is 11.4. The number of rotatable bonds is 1. The molecular weight excluding hydrogens is 235 g/mol. The van der Waals surface area contributed by atoms with Gasteiger partial charge >= 0.3 is 87.8 Å². The number of hydrogen-bond acceptors (Lipinski definition) is 0. The van der Waals surface area contributed by atoms with Crippen LogP contribution >= 0.6 is 0 Å². The molecule has 0 fully saturated rings. The molecule has 74 valence electrons. The summed E-state index contributed by atoms with van der Waals surface area (Å²) in [4.78, 5) is 0. The molecular formula is C12H22Zr. The molecule has 0 saturated carbocycles.